The molecule has 0 bridgehead atoms. The van der Waals surface area contributed by atoms with Crippen LogP contribution < -0.4 is 10.6 Å². The molecule has 2 rings (SSSR count). The number of nitrogens with one attached hydrogen (secondary N) is 2. The van der Waals surface area contributed by atoms with Crippen LogP contribution in [0.1, 0.15) is 37.0 Å². The number of halogens is 2. The Kier molecular flexibility index (Phi) is 10.2. The van der Waals surface area contributed by atoms with Crippen LogP contribution in [0, 0.1) is 5.92 Å². The van der Waals surface area contributed by atoms with Gasteiger partial charge in [-0.2, -0.15) is 0 Å². The minimum Gasteiger partial charge on any atom is -0.508 e. The van der Waals surface area contributed by atoms with Gasteiger partial charge in [0.15, 0.2) is 11.9 Å². The van der Waals surface area contributed by atoms with E-state index in [0.29, 0.717) is 11.4 Å². The van der Waals surface area contributed by atoms with Crippen LogP contribution in [0.3, 0.4) is 0 Å². The molecule has 2 N–H and O–H groups in total. The van der Waals surface area contributed by atoms with E-state index in [1.165, 1.54) is 26.3 Å². The lowest BCUT2D eigenvalue weighted by atomic mass is 9.64. The number of hydrogen-bond donors (Lipinski definition) is 2. The molecule has 3 atom stereocenters. The normalized spacial score (nSPS) is 19.1. The van der Waals surface area contributed by atoms with Crippen molar-refractivity contribution < 1.29 is 33.2 Å². The Labute approximate surface area is 202 Å². The SMILES string of the molecule is CN[C@@H]1C(=O)OB([C@@H](CC(=O)CNC(=O)c2cc(Cl)ccc2Cl)CC(C)C)O[C@H]1C(=O)OC. The minimum absolute atomic E-state index is 0.0439. The standard InChI is InChI=1S/C21H27BCl2N2O7/c1-11(2)7-12(22-32-18(21(30)31-4)17(25-3)20(29)33-22)8-14(27)10-26-19(28)15-9-13(23)5-6-16(15)24/h5-6,9,11-12,17-18,25H,7-8,10H2,1-4H3,(H,26,28)/t12-,17+,18-/m1/s1. The van der Waals surface area contributed by atoms with Crippen LogP contribution in [0.4, 0.5) is 0 Å². The number of benzene rings is 1. The van der Waals surface area contributed by atoms with Gasteiger partial charge in [0.1, 0.15) is 6.04 Å². The third kappa shape index (κ3) is 7.43. The number of carbonyl (C=O) groups is 4. The first kappa shape index (κ1) is 27.1. The Hall–Kier alpha value is -2.14. The van der Waals surface area contributed by atoms with Crippen LogP contribution in [0.5, 0.6) is 0 Å². The van der Waals surface area contributed by atoms with Crippen molar-refractivity contribution in [1.82, 2.24) is 10.6 Å². The van der Waals surface area contributed by atoms with E-state index in [1.807, 2.05) is 13.8 Å². The molecule has 0 aromatic heterocycles. The lowest BCUT2D eigenvalue weighted by Crippen LogP contribution is -2.59. The van der Waals surface area contributed by atoms with E-state index in [9.17, 15) is 19.2 Å². The van der Waals surface area contributed by atoms with Gasteiger partial charge in [0.25, 0.3) is 5.91 Å². The average Bonchev–Trinajstić information content (AvgIpc) is 2.77. The fourth-order valence-corrected chi connectivity index (χ4v) is 3.93. The maximum atomic E-state index is 12.7. The molecule has 1 aliphatic rings. The van der Waals surface area contributed by atoms with Crippen LogP contribution in [0.15, 0.2) is 18.2 Å². The van der Waals surface area contributed by atoms with E-state index in [-0.39, 0.29) is 35.3 Å². The molecular formula is C21H27BCl2N2O7. The second-order valence-electron chi connectivity index (χ2n) is 8.09. The summed E-state index contributed by atoms with van der Waals surface area (Å²) in [5.41, 5.74) is 0.152. The van der Waals surface area contributed by atoms with Gasteiger partial charge in [-0.1, -0.05) is 37.0 Å². The van der Waals surface area contributed by atoms with Gasteiger partial charge in [-0.3, -0.25) is 14.4 Å². The third-order valence-corrected chi connectivity index (χ3v) is 5.65. The summed E-state index contributed by atoms with van der Waals surface area (Å²) < 4.78 is 15.9. The van der Waals surface area contributed by atoms with Crippen LogP contribution in [0.25, 0.3) is 0 Å². The molecule has 1 fully saturated rings. The Morgan fingerprint density at radius 1 is 1.24 bits per heavy atom. The minimum atomic E-state index is -1.21. The lowest BCUT2D eigenvalue weighted by Gasteiger charge is -2.35. The van der Waals surface area contributed by atoms with Crippen LogP contribution >= 0.6 is 23.2 Å². The number of hydrogen-bond acceptors (Lipinski definition) is 8. The summed E-state index contributed by atoms with van der Waals surface area (Å²) in [6, 6.07) is 3.43. The van der Waals surface area contributed by atoms with Crippen molar-refractivity contribution in [3.63, 3.8) is 0 Å². The van der Waals surface area contributed by atoms with Crippen molar-refractivity contribution in [3.8, 4) is 0 Å². The number of methoxy groups -OCH3 is 1. The van der Waals surface area contributed by atoms with Crippen molar-refractivity contribution in [2.45, 2.75) is 44.7 Å². The molecular weight excluding hydrogens is 474 g/mol. The van der Waals surface area contributed by atoms with Gasteiger partial charge in [0.05, 0.1) is 24.2 Å². The van der Waals surface area contributed by atoms with Crippen molar-refractivity contribution in [1.29, 1.82) is 0 Å². The molecule has 1 aliphatic heterocycles. The van der Waals surface area contributed by atoms with Gasteiger partial charge in [0.2, 0.25) is 0 Å². The first-order valence-corrected chi connectivity index (χ1v) is 11.2. The van der Waals surface area contributed by atoms with Gasteiger partial charge in [0, 0.05) is 17.3 Å². The maximum Gasteiger partial charge on any atom is 0.531 e. The molecule has 9 nitrogen and oxygen atoms in total. The van der Waals surface area contributed by atoms with Crippen LogP contribution in [0.2, 0.25) is 15.9 Å². The van der Waals surface area contributed by atoms with Gasteiger partial charge < -0.3 is 24.7 Å². The fraction of sp³-hybridized carbons (Fsp3) is 0.524. The van der Waals surface area contributed by atoms with Crippen LogP contribution in [-0.4, -0.2) is 63.6 Å². The smallest absolute Gasteiger partial charge is 0.508 e. The van der Waals surface area contributed by atoms with Gasteiger partial charge in [-0.05, 0) is 37.6 Å². The number of ether oxygens (including phenoxy) is 1. The predicted octanol–water partition coefficient (Wildman–Crippen LogP) is 2.29. The average molecular weight is 501 g/mol. The molecule has 12 heteroatoms. The molecule has 0 unspecified atom stereocenters. The first-order chi connectivity index (χ1) is 15.6. The highest BCUT2D eigenvalue weighted by molar-refractivity contribution is 6.50. The lowest BCUT2D eigenvalue weighted by molar-refractivity contribution is -0.163. The Balaban J connectivity index is 2.07. The third-order valence-electron chi connectivity index (χ3n) is 5.08. The molecule has 0 spiro atoms. The number of ketones is 1. The van der Waals surface area contributed by atoms with Crippen molar-refractivity contribution >= 4 is 53.9 Å². The Bertz CT molecular complexity index is 899. The first-order valence-electron chi connectivity index (χ1n) is 10.4. The maximum absolute atomic E-state index is 12.7. The summed E-state index contributed by atoms with van der Waals surface area (Å²) in [4.78, 5) is 49.6. The highest BCUT2D eigenvalue weighted by atomic mass is 35.5. The summed E-state index contributed by atoms with van der Waals surface area (Å²) in [6.45, 7) is 3.62. The molecule has 1 aromatic rings. The second-order valence-corrected chi connectivity index (χ2v) is 8.93. The second kappa shape index (κ2) is 12.4. The number of rotatable bonds is 10. The summed E-state index contributed by atoms with van der Waals surface area (Å²) in [7, 11) is 1.57. The Morgan fingerprint density at radius 3 is 2.55 bits per heavy atom. The van der Waals surface area contributed by atoms with E-state index in [2.05, 4.69) is 10.6 Å². The van der Waals surface area contributed by atoms with Crippen LogP contribution in [-0.2, 0) is 28.4 Å². The fourth-order valence-electron chi connectivity index (χ4n) is 3.55. The van der Waals surface area contributed by atoms with E-state index >= 15 is 0 Å². The zero-order valence-corrected chi connectivity index (χ0v) is 20.4. The van der Waals surface area contributed by atoms with E-state index in [0.717, 1.165) is 0 Å². The zero-order chi connectivity index (χ0) is 24.7. The number of carbonyl (C=O) groups excluding carboxylic acids is 4. The van der Waals surface area contributed by atoms with Crippen molar-refractivity contribution in [2.75, 3.05) is 20.7 Å². The molecule has 33 heavy (non-hydrogen) atoms. The molecule has 0 aliphatic carbocycles. The molecule has 0 saturated carbocycles. The van der Waals surface area contributed by atoms with Gasteiger partial charge in [-0.25, -0.2) is 4.79 Å². The van der Waals surface area contributed by atoms with E-state index in [1.54, 1.807) is 6.07 Å². The molecule has 1 aromatic carbocycles. The van der Waals surface area contributed by atoms with Gasteiger partial charge in [-0.15, -0.1) is 0 Å². The molecule has 1 amide bonds. The summed E-state index contributed by atoms with van der Waals surface area (Å²) >= 11 is 11.9. The largest absolute Gasteiger partial charge is 0.531 e. The van der Waals surface area contributed by atoms with Gasteiger partial charge >= 0.3 is 19.1 Å². The highest BCUT2D eigenvalue weighted by Crippen LogP contribution is 2.30. The number of esters is 1. The number of Topliss-reactive ketones (excluding diaryl/α,β-unsaturated/α-hetero) is 1. The molecule has 1 saturated heterocycles. The topological polar surface area (TPSA) is 120 Å². The van der Waals surface area contributed by atoms with Crippen molar-refractivity contribution in [2.24, 2.45) is 5.92 Å². The molecule has 0 radical (unpaired) electrons. The van der Waals surface area contributed by atoms with Crippen molar-refractivity contribution in [3.05, 3.63) is 33.8 Å². The van der Waals surface area contributed by atoms with E-state index < -0.39 is 42.9 Å². The monoisotopic (exact) mass is 500 g/mol. The highest BCUT2D eigenvalue weighted by Gasteiger charge is 2.49. The molecule has 180 valence electrons. The zero-order valence-electron chi connectivity index (χ0n) is 18.9. The quantitative estimate of drug-likeness (QED) is 0.371. The number of amides is 1. The summed E-state index contributed by atoms with van der Waals surface area (Å²) in [5.74, 6) is -2.64. The predicted molar refractivity (Wildman–Crippen MR) is 123 cm³/mol. The summed E-state index contributed by atoms with van der Waals surface area (Å²) in [5, 5.41) is 5.75. The molecule has 1 heterocycles. The summed E-state index contributed by atoms with van der Waals surface area (Å²) in [6.07, 6.45) is -0.770. The Morgan fingerprint density at radius 2 is 1.94 bits per heavy atom. The van der Waals surface area contributed by atoms with E-state index in [4.69, 9.17) is 37.2 Å². The number of likely N-dealkylation sites (N-methyl/N-ethyl adjacent to an activating group) is 1.